The molecular weight excluding hydrogens is 404 g/mol. The van der Waals surface area contributed by atoms with E-state index in [0.29, 0.717) is 22.7 Å². The van der Waals surface area contributed by atoms with Gasteiger partial charge in [0.25, 0.3) is 15.9 Å². The van der Waals surface area contributed by atoms with Gasteiger partial charge in [-0.1, -0.05) is 24.3 Å². The molecule has 0 fully saturated rings. The molecular formula is C22H20N2O5S. The molecule has 30 heavy (non-hydrogen) atoms. The van der Waals surface area contributed by atoms with Gasteiger partial charge in [-0.3, -0.25) is 4.79 Å². The van der Waals surface area contributed by atoms with Gasteiger partial charge in [-0.15, -0.1) is 0 Å². The maximum Gasteiger partial charge on any atom is 0.271 e. The smallest absolute Gasteiger partial charge is 0.271 e. The van der Waals surface area contributed by atoms with Gasteiger partial charge in [0.1, 0.15) is 22.6 Å². The molecule has 1 aliphatic rings. The minimum Gasteiger partial charge on any atom is -0.497 e. The lowest BCUT2D eigenvalue weighted by Gasteiger charge is -2.29. The third kappa shape index (κ3) is 3.35. The van der Waals surface area contributed by atoms with Crippen LogP contribution in [0.25, 0.3) is 0 Å². The van der Waals surface area contributed by atoms with Crippen molar-refractivity contribution >= 4 is 21.6 Å². The average Bonchev–Trinajstić information content (AvgIpc) is 2.98. The molecule has 1 N–H and O–H groups in total. The molecule has 1 heterocycles. The lowest BCUT2D eigenvalue weighted by Crippen LogP contribution is -2.38. The summed E-state index contributed by atoms with van der Waals surface area (Å²) in [4.78, 5) is 13.1. The Morgan fingerprint density at radius 2 is 1.40 bits per heavy atom. The van der Waals surface area contributed by atoms with Gasteiger partial charge in [-0.25, -0.2) is 12.7 Å². The van der Waals surface area contributed by atoms with Crippen LogP contribution in [0.5, 0.6) is 11.5 Å². The van der Waals surface area contributed by atoms with Gasteiger partial charge in [-0.2, -0.15) is 0 Å². The number of nitrogens with zero attached hydrogens (tertiary/aromatic N) is 1. The minimum atomic E-state index is -4.03. The number of hydrogen-bond acceptors (Lipinski definition) is 6. The van der Waals surface area contributed by atoms with Crippen LogP contribution >= 0.6 is 0 Å². The van der Waals surface area contributed by atoms with Crippen molar-refractivity contribution in [3.05, 3.63) is 83.9 Å². The van der Waals surface area contributed by atoms with Gasteiger partial charge in [0.05, 0.1) is 19.8 Å². The van der Waals surface area contributed by atoms with E-state index in [9.17, 15) is 13.2 Å². The topological polar surface area (TPSA) is 84.9 Å². The molecule has 0 saturated carbocycles. The molecule has 1 unspecified atom stereocenters. The number of ether oxygens (including phenoxy) is 2. The van der Waals surface area contributed by atoms with E-state index in [2.05, 4.69) is 5.32 Å². The summed E-state index contributed by atoms with van der Waals surface area (Å²) in [5.74, 6) is 0.715. The SMILES string of the molecule is COc1ccc(NC(c2ccc(OC)cc2)N2C(=O)c3ccccc3S2(=O)=O)cc1. The summed E-state index contributed by atoms with van der Waals surface area (Å²) in [7, 11) is -0.913. The van der Waals surface area contributed by atoms with Crippen molar-refractivity contribution in [2.75, 3.05) is 19.5 Å². The zero-order valence-corrected chi connectivity index (χ0v) is 17.2. The fourth-order valence-corrected chi connectivity index (χ4v) is 5.03. The number of rotatable bonds is 6. The molecule has 0 aliphatic carbocycles. The van der Waals surface area contributed by atoms with Gasteiger partial charge in [0.15, 0.2) is 0 Å². The minimum absolute atomic E-state index is 0.00467. The third-order valence-corrected chi connectivity index (χ3v) is 6.72. The first-order valence-corrected chi connectivity index (χ1v) is 10.6. The van der Waals surface area contributed by atoms with Crippen LogP contribution in [0.15, 0.2) is 77.7 Å². The Bertz CT molecular complexity index is 1170. The standard InChI is InChI=1S/C22H20N2O5S/c1-28-17-11-7-15(8-12-17)21(23-16-9-13-18(29-2)14-10-16)24-22(25)19-5-3-4-6-20(19)30(24,26)27/h3-14,21,23H,1-2H3. The number of fused-ring (bicyclic) bond motifs is 1. The maximum absolute atomic E-state index is 13.2. The van der Waals surface area contributed by atoms with E-state index in [1.807, 2.05) is 0 Å². The molecule has 0 spiro atoms. The van der Waals surface area contributed by atoms with Gasteiger partial charge >= 0.3 is 0 Å². The fraction of sp³-hybridized carbons (Fsp3) is 0.136. The van der Waals surface area contributed by atoms with Crippen molar-refractivity contribution in [3.63, 3.8) is 0 Å². The summed E-state index contributed by atoms with van der Waals surface area (Å²) in [6, 6.07) is 20.1. The largest absolute Gasteiger partial charge is 0.497 e. The second-order valence-electron chi connectivity index (χ2n) is 6.65. The van der Waals surface area contributed by atoms with E-state index in [0.717, 1.165) is 4.31 Å². The van der Waals surface area contributed by atoms with Crippen LogP contribution in [0, 0.1) is 0 Å². The van der Waals surface area contributed by atoms with Crippen LogP contribution in [-0.4, -0.2) is 32.8 Å². The number of methoxy groups -OCH3 is 2. The quantitative estimate of drug-likeness (QED) is 0.650. The second kappa shape index (κ2) is 7.72. The monoisotopic (exact) mass is 424 g/mol. The molecule has 0 saturated heterocycles. The molecule has 1 amide bonds. The van der Waals surface area contributed by atoms with Crippen LogP contribution in [0.1, 0.15) is 22.1 Å². The molecule has 3 aromatic carbocycles. The predicted molar refractivity (Wildman–Crippen MR) is 112 cm³/mol. The van der Waals surface area contributed by atoms with Crippen molar-refractivity contribution in [2.24, 2.45) is 0 Å². The Hall–Kier alpha value is -3.52. The molecule has 7 nitrogen and oxygen atoms in total. The van der Waals surface area contributed by atoms with Gasteiger partial charge < -0.3 is 14.8 Å². The maximum atomic E-state index is 13.2. The van der Waals surface area contributed by atoms with Crippen molar-refractivity contribution in [1.29, 1.82) is 0 Å². The van der Waals surface area contributed by atoms with Crippen molar-refractivity contribution in [1.82, 2.24) is 4.31 Å². The van der Waals surface area contributed by atoms with Crippen LogP contribution in [0.3, 0.4) is 0 Å². The number of carbonyl (C=O) groups excluding carboxylic acids is 1. The molecule has 1 atom stereocenters. The average molecular weight is 424 g/mol. The Morgan fingerprint density at radius 3 is 1.97 bits per heavy atom. The number of amides is 1. The molecule has 0 aromatic heterocycles. The van der Waals surface area contributed by atoms with Gasteiger partial charge in [-0.05, 0) is 54.1 Å². The molecule has 3 aromatic rings. The van der Waals surface area contributed by atoms with Crippen LogP contribution < -0.4 is 14.8 Å². The van der Waals surface area contributed by atoms with E-state index in [4.69, 9.17) is 9.47 Å². The first-order valence-electron chi connectivity index (χ1n) is 9.18. The van der Waals surface area contributed by atoms with Crippen molar-refractivity contribution < 1.29 is 22.7 Å². The van der Waals surface area contributed by atoms with Gasteiger partial charge in [0.2, 0.25) is 0 Å². The van der Waals surface area contributed by atoms with Crippen LogP contribution in [0.2, 0.25) is 0 Å². The summed E-state index contributed by atoms with van der Waals surface area (Å²) >= 11 is 0. The lowest BCUT2D eigenvalue weighted by atomic mass is 10.1. The van der Waals surface area contributed by atoms with E-state index in [-0.39, 0.29) is 10.5 Å². The van der Waals surface area contributed by atoms with Crippen molar-refractivity contribution in [2.45, 2.75) is 11.1 Å². The van der Waals surface area contributed by atoms with Crippen molar-refractivity contribution in [3.8, 4) is 11.5 Å². The molecule has 0 radical (unpaired) electrons. The van der Waals surface area contributed by atoms with Crippen LogP contribution in [-0.2, 0) is 10.0 Å². The number of sulfonamides is 1. The van der Waals surface area contributed by atoms with E-state index < -0.39 is 22.1 Å². The van der Waals surface area contributed by atoms with E-state index in [1.165, 1.54) is 12.1 Å². The molecule has 8 heteroatoms. The molecule has 1 aliphatic heterocycles. The third-order valence-electron chi connectivity index (χ3n) is 4.91. The Labute approximate surface area is 174 Å². The number of carbonyl (C=O) groups is 1. The Kier molecular flexibility index (Phi) is 5.09. The summed E-state index contributed by atoms with van der Waals surface area (Å²) in [5.41, 5.74) is 1.39. The highest BCUT2D eigenvalue weighted by Gasteiger charge is 2.45. The summed E-state index contributed by atoms with van der Waals surface area (Å²) in [5, 5.41) is 3.18. The van der Waals surface area contributed by atoms with E-state index >= 15 is 0 Å². The Morgan fingerprint density at radius 1 is 0.833 bits per heavy atom. The zero-order valence-electron chi connectivity index (χ0n) is 16.4. The first kappa shape index (κ1) is 19.8. The highest BCUT2D eigenvalue weighted by Crippen LogP contribution is 2.38. The Balaban J connectivity index is 1.79. The van der Waals surface area contributed by atoms with Crippen LogP contribution in [0.4, 0.5) is 5.69 Å². The number of benzene rings is 3. The van der Waals surface area contributed by atoms with E-state index in [1.54, 1.807) is 74.9 Å². The highest BCUT2D eigenvalue weighted by molar-refractivity contribution is 7.90. The summed E-state index contributed by atoms with van der Waals surface area (Å²) in [6.45, 7) is 0. The number of hydrogen-bond donors (Lipinski definition) is 1. The molecule has 0 bridgehead atoms. The second-order valence-corrected chi connectivity index (χ2v) is 8.43. The molecule has 4 rings (SSSR count). The van der Waals surface area contributed by atoms with Gasteiger partial charge in [0, 0.05) is 5.69 Å². The molecule has 154 valence electrons. The summed E-state index contributed by atoms with van der Waals surface area (Å²) in [6.07, 6.45) is -0.950. The zero-order chi connectivity index (χ0) is 21.3. The summed E-state index contributed by atoms with van der Waals surface area (Å²) < 4.78 is 37.8. The highest BCUT2D eigenvalue weighted by atomic mass is 32.2. The fourth-order valence-electron chi connectivity index (χ4n) is 3.37. The first-order chi connectivity index (χ1) is 14.5. The predicted octanol–water partition coefficient (Wildman–Crippen LogP) is 3.66. The number of anilines is 1. The number of nitrogens with one attached hydrogen (secondary N) is 1. The normalized spacial score (nSPS) is 15.4. The lowest BCUT2D eigenvalue weighted by molar-refractivity contribution is 0.0842.